The smallest absolute Gasteiger partial charge is 0.141 e. The molecule has 20 heavy (non-hydrogen) atoms. The first-order chi connectivity index (χ1) is 9.65. The number of aryl methyl sites for hydroxylation is 1. The molecule has 0 amide bonds. The second kappa shape index (κ2) is 5.13. The summed E-state index contributed by atoms with van der Waals surface area (Å²) in [5.74, 6) is 1.51. The van der Waals surface area contributed by atoms with E-state index >= 15 is 0 Å². The number of hydrogen-bond donors (Lipinski definition) is 1. The molecule has 0 fully saturated rings. The molecule has 0 spiro atoms. The van der Waals surface area contributed by atoms with Gasteiger partial charge in [0.1, 0.15) is 11.5 Å². The zero-order chi connectivity index (χ0) is 14.1. The van der Waals surface area contributed by atoms with E-state index in [1.54, 1.807) is 6.20 Å². The van der Waals surface area contributed by atoms with Crippen LogP contribution in [0.5, 0.6) is 11.5 Å². The predicted molar refractivity (Wildman–Crippen MR) is 85.1 cm³/mol. The van der Waals surface area contributed by atoms with Gasteiger partial charge in [0.05, 0.1) is 15.7 Å². The first kappa shape index (κ1) is 12.9. The number of nitrogens with two attached hydrogens (primary N) is 1. The third kappa shape index (κ3) is 2.34. The first-order valence-electron chi connectivity index (χ1n) is 6.22. The number of benzene rings is 2. The maximum atomic E-state index is 5.99. The average molecular weight is 329 g/mol. The van der Waals surface area contributed by atoms with Gasteiger partial charge < -0.3 is 10.5 Å². The van der Waals surface area contributed by atoms with Crippen molar-refractivity contribution in [2.75, 3.05) is 5.73 Å². The zero-order valence-corrected chi connectivity index (χ0v) is 12.5. The predicted octanol–water partition coefficient (Wildman–Crippen LogP) is 4.68. The lowest BCUT2D eigenvalue weighted by atomic mass is 10.1. The molecule has 3 aromatic rings. The van der Waals surface area contributed by atoms with E-state index in [-0.39, 0.29) is 0 Å². The summed E-state index contributed by atoms with van der Waals surface area (Å²) in [5.41, 5.74) is 8.52. The Kier molecular flexibility index (Phi) is 3.32. The number of pyridine rings is 1. The SMILES string of the molecule is Cc1ccc(Oc2ccc(N)c3ncccc23)c(Br)c1. The van der Waals surface area contributed by atoms with Crippen molar-refractivity contribution in [2.24, 2.45) is 0 Å². The topological polar surface area (TPSA) is 48.1 Å². The molecule has 2 N–H and O–H groups in total. The van der Waals surface area contributed by atoms with E-state index in [1.165, 1.54) is 5.56 Å². The van der Waals surface area contributed by atoms with Gasteiger partial charge in [0.15, 0.2) is 0 Å². The maximum absolute atomic E-state index is 5.99. The minimum Gasteiger partial charge on any atom is -0.455 e. The third-order valence-corrected chi connectivity index (χ3v) is 3.69. The Morgan fingerprint density at radius 3 is 2.70 bits per heavy atom. The van der Waals surface area contributed by atoms with E-state index in [2.05, 4.69) is 20.9 Å². The molecule has 2 aromatic carbocycles. The normalized spacial score (nSPS) is 10.7. The standard InChI is InChI=1S/C16H13BrN2O/c1-10-4-6-15(12(17)9-10)20-14-7-5-13(18)16-11(14)3-2-8-19-16/h2-9H,18H2,1H3. The molecule has 0 aliphatic heterocycles. The summed E-state index contributed by atoms with van der Waals surface area (Å²) in [6.45, 7) is 2.04. The molecule has 0 saturated carbocycles. The van der Waals surface area contributed by atoms with Crippen LogP contribution in [0.1, 0.15) is 5.56 Å². The molecule has 0 aliphatic carbocycles. The lowest BCUT2D eigenvalue weighted by Gasteiger charge is -2.11. The summed E-state index contributed by atoms with van der Waals surface area (Å²) < 4.78 is 6.91. The molecular weight excluding hydrogens is 316 g/mol. The summed E-state index contributed by atoms with van der Waals surface area (Å²) in [7, 11) is 0. The lowest BCUT2D eigenvalue weighted by Crippen LogP contribution is -1.93. The maximum Gasteiger partial charge on any atom is 0.141 e. The molecule has 0 bridgehead atoms. The van der Waals surface area contributed by atoms with Gasteiger partial charge in [-0.25, -0.2) is 0 Å². The van der Waals surface area contributed by atoms with Crippen LogP contribution in [0.25, 0.3) is 10.9 Å². The number of hydrogen-bond acceptors (Lipinski definition) is 3. The van der Waals surface area contributed by atoms with Gasteiger partial charge in [-0.2, -0.15) is 0 Å². The van der Waals surface area contributed by atoms with E-state index < -0.39 is 0 Å². The van der Waals surface area contributed by atoms with Gasteiger partial charge in [-0.05, 0) is 64.8 Å². The van der Waals surface area contributed by atoms with Crippen LogP contribution in [-0.4, -0.2) is 4.98 Å². The van der Waals surface area contributed by atoms with Crippen LogP contribution in [0, 0.1) is 6.92 Å². The second-order valence-corrected chi connectivity index (χ2v) is 5.44. The molecule has 3 rings (SSSR count). The number of fused-ring (bicyclic) bond motifs is 1. The number of halogens is 1. The summed E-state index contributed by atoms with van der Waals surface area (Å²) in [6.07, 6.45) is 1.73. The van der Waals surface area contributed by atoms with Crippen molar-refractivity contribution >= 4 is 32.5 Å². The minimum atomic E-state index is 0.649. The average Bonchev–Trinajstić information content (AvgIpc) is 2.45. The fourth-order valence-electron chi connectivity index (χ4n) is 2.06. The molecule has 0 radical (unpaired) electrons. The molecule has 0 aliphatic rings. The highest BCUT2D eigenvalue weighted by atomic mass is 79.9. The molecule has 0 saturated heterocycles. The van der Waals surface area contributed by atoms with Crippen molar-refractivity contribution in [2.45, 2.75) is 6.92 Å². The van der Waals surface area contributed by atoms with E-state index in [0.717, 1.165) is 26.9 Å². The zero-order valence-electron chi connectivity index (χ0n) is 10.9. The summed E-state index contributed by atoms with van der Waals surface area (Å²) in [5, 5.41) is 0.903. The highest BCUT2D eigenvalue weighted by Crippen LogP contribution is 2.35. The fraction of sp³-hybridized carbons (Fsp3) is 0.0625. The molecular formula is C16H13BrN2O. The van der Waals surface area contributed by atoms with Gasteiger partial charge in [0, 0.05) is 11.6 Å². The van der Waals surface area contributed by atoms with Crippen molar-refractivity contribution in [3.05, 3.63) is 58.7 Å². The highest BCUT2D eigenvalue weighted by molar-refractivity contribution is 9.10. The van der Waals surface area contributed by atoms with Gasteiger partial charge in [0.25, 0.3) is 0 Å². The largest absolute Gasteiger partial charge is 0.455 e. The minimum absolute atomic E-state index is 0.649. The van der Waals surface area contributed by atoms with E-state index in [1.807, 2.05) is 49.4 Å². The van der Waals surface area contributed by atoms with E-state index in [9.17, 15) is 0 Å². The molecule has 3 nitrogen and oxygen atoms in total. The van der Waals surface area contributed by atoms with Crippen LogP contribution in [0.15, 0.2) is 53.1 Å². The van der Waals surface area contributed by atoms with Crippen LogP contribution in [0.3, 0.4) is 0 Å². The molecule has 100 valence electrons. The first-order valence-corrected chi connectivity index (χ1v) is 7.01. The lowest BCUT2D eigenvalue weighted by molar-refractivity contribution is 0.485. The van der Waals surface area contributed by atoms with Crippen LogP contribution in [0.2, 0.25) is 0 Å². The van der Waals surface area contributed by atoms with Gasteiger partial charge in [-0.15, -0.1) is 0 Å². The van der Waals surface area contributed by atoms with Crippen LogP contribution in [-0.2, 0) is 0 Å². The van der Waals surface area contributed by atoms with Crippen LogP contribution in [0.4, 0.5) is 5.69 Å². The van der Waals surface area contributed by atoms with Crippen molar-refractivity contribution in [3.8, 4) is 11.5 Å². The third-order valence-electron chi connectivity index (χ3n) is 3.07. The number of aromatic nitrogens is 1. The summed E-state index contributed by atoms with van der Waals surface area (Å²) in [4.78, 5) is 4.30. The highest BCUT2D eigenvalue weighted by Gasteiger charge is 2.08. The molecule has 1 heterocycles. The van der Waals surface area contributed by atoms with E-state index in [0.29, 0.717) is 5.69 Å². The van der Waals surface area contributed by atoms with E-state index in [4.69, 9.17) is 10.5 Å². The van der Waals surface area contributed by atoms with Gasteiger partial charge in [-0.3, -0.25) is 4.98 Å². The van der Waals surface area contributed by atoms with Gasteiger partial charge in [0.2, 0.25) is 0 Å². The molecule has 1 aromatic heterocycles. The monoisotopic (exact) mass is 328 g/mol. The van der Waals surface area contributed by atoms with Gasteiger partial charge in [-0.1, -0.05) is 6.07 Å². The number of nitrogen functional groups attached to an aromatic ring is 1. The van der Waals surface area contributed by atoms with Crippen molar-refractivity contribution in [3.63, 3.8) is 0 Å². The number of nitrogens with zero attached hydrogens (tertiary/aromatic N) is 1. The Labute approximate surface area is 125 Å². The number of ether oxygens (including phenoxy) is 1. The van der Waals surface area contributed by atoms with Crippen molar-refractivity contribution in [1.82, 2.24) is 4.98 Å². The quantitative estimate of drug-likeness (QED) is 0.695. The Bertz CT molecular complexity index is 787. The molecule has 0 atom stereocenters. The Morgan fingerprint density at radius 1 is 1.10 bits per heavy atom. The second-order valence-electron chi connectivity index (χ2n) is 4.59. The van der Waals surface area contributed by atoms with Crippen molar-refractivity contribution in [1.29, 1.82) is 0 Å². The summed E-state index contributed by atoms with van der Waals surface area (Å²) >= 11 is 3.52. The Balaban J connectivity index is 2.09. The van der Waals surface area contributed by atoms with Crippen LogP contribution >= 0.6 is 15.9 Å². The number of rotatable bonds is 2. The Morgan fingerprint density at radius 2 is 1.90 bits per heavy atom. The van der Waals surface area contributed by atoms with Crippen LogP contribution < -0.4 is 10.5 Å². The Hall–Kier alpha value is -2.07. The summed E-state index contributed by atoms with van der Waals surface area (Å²) in [6, 6.07) is 13.5. The van der Waals surface area contributed by atoms with Crippen molar-refractivity contribution < 1.29 is 4.74 Å². The molecule has 4 heteroatoms. The fourth-order valence-corrected chi connectivity index (χ4v) is 2.64. The number of anilines is 1. The molecule has 0 unspecified atom stereocenters. The van der Waals surface area contributed by atoms with Gasteiger partial charge >= 0.3 is 0 Å².